The van der Waals surface area contributed by atoms with Crippen LogP contribution in [0.4, 0.5) is 13.2 Å². The predicted molar refractivity (Wildman–Crippen MR) is 50.4 cm³/mol. The Morgan fingerprint density at radius 3 is 2.13 bits per heavy atom. The van der Waals surface area contributed by atoms with Crippen LogP contribution in [-0.2, 0) is 0 Å². The van der Waals surface area contributed by atoms with Crippen LogP contribution < -0.4 is 4.74 Å². The molecule has 0 fully saturated rings. The summed E-state index contributed by atoms with van der Waals surface area (Å²) < 4.78 is 43.0. The Kier molecular flexibility index (Phi) is 3.96. The van der Waals surface area contributed by atoms with Crippen molar-refractivity contribution in [3.63, 3.8) is 0 Å². The number of rotatable bonds is 4. The van der Waals surface area contributed by atoms with Crippen molar-refractivity contribution in [2.45, 2.75) is 0 Å². The fourth-order valence-corrected chi connectivity index (χ4v) is 0.962. The molecule has 0 aliphatic carbocycles. The highest BCUT2D eigenvalue weighted by Gasteiger charge is 2.10. The molecule has 0 saturated carbocycles. The number of ether oxygens (including phenoxy) is 1. The molecule has 0 aromatic heterocycles. The SMILES string of the molecule is CN(C)CCOc1cc(F)c(F)c(F)c1. The molecule has 0 amide bonds. The van der Waals surface area contributed by atoms with E-state index in [2.05, 4.69) is 0 Å². The lowest BCUT2D eigenvalue weighted by Gasteiger charge is -2.11. The van der Waals surface area contributed by atoms with Gasteiger partial charge in [0.15, 0.2) is 17.5 Å². The maximum absolute atomic E-state index is 12.7. The quantitative estimate of drug-likeness (QED) is 0.718. The van der Waals surface area contributed by atoms with Crippen LogP contribution in [0.15, 0.2) is 12.1 Å². The molecule has 0 spiro atoms. The Balaban J connectivity index is 2.63. The average molecular weight is 219 g/mol. The molecule has 1 rings (SSSR count). The zero-order chi connectivity index (χ0) is 11.4. The standard InChI is InChI=1S/C10H12F3NO/c1-14(2)3-4-15-7-5-8(11)10(13)9(12)6-7/h5-6H,3-4H2,1-2H3. The highest BCUT2D eigenvalue weighted by molar-refractivity contribution is 5.24. The van der Waals surface area contributed by atoms with Gasteiger partial charge in [0.1, 0.15) is 12.4 Å². The molecule has 2 nitrogen and oxygen atoms in total. The summed E-state index contributed by atoms with van der Waals surface area (Å²) in [6, 6.07) is 1.65. The largest absolute Gasteiger partial charge is 0.492 e. The van der Waals surface area contributed by atoms with Crippen LogP contribution in [0.5, 0.6) is 5.75 Å². The van der Waals surface area contributed by atoms with Crippen molar-refractivity contribution in [3.05, 3.63) is 29.6 Å². The van der Waals surface area contributed by atoms with Crippen molar-refractivity contribution >= 4 is 0 Å². The molecular formula is C10H12F3NO. The Morgan fingerprint density at radius 2 is 1.67 bits per heavy atom. The zero-order valence-electron chi connectivity index (χ0n) is 8.56. The lowest BCUT2D eigenvalue weighted by molar-refractivity contribution is 0.258. The third kappa shape index (κ3) is 3.43. The third-order valence-electron chi connectivity index (χ3n) is 1.76. The van der Waals surface area contributed by atoms with E-state index in [1.165, 1.54) is 0 Å². The van der Waals surface area contributed by atoms with E-state index >= 15 is 0 Å². The second kappa shape index (κ2) is 5.02. The van der Waals surface area contributed by atoms with Crippen LogP contribution in [0.2, 0.25) is 0 Å². The minimum absolute atomic E-state index is 0.00625. The van der Waals surface area contributed by atoms with Gasteiger partial charge in [0.05, 0.1) is 0 Å². The highest BCUT2D eigenvalue weighted by Crippen LogP contribution is 2.19. The van der Waals surface area contributed by atoms with Crippen LogP contribution in [0, 0.1) is 17.5 Å². The van der Waals surface area contributed by atoms with Gasteiger partial charge in [-0.2, -0.15) is 0 Å². The summed E-state index contributed by atoms with van der Waals surface area (Å²) in [6.45, 7) is 0.901. The number of benzene rings is 1. The molecule has 0 unspecified atom stereocenters. The van der Waals surface area contributed by atoms with Crippen molar-refractivity contribution in [1.82, 2.24) is 4.90 Å². The monoisotopic (exact) mass is 219 g/mol. The fraction of sp³-hybridized carbons (Fsp3) is 0.400. The van der Waals surface area contributed by atoms with E-state index in [9.17, 15) is 13.2 Å². The first-order chi connectivity index (χ1) is 7.00. The third-order valence-corrected chi connectivity index (χ3v) is 1.76. The van der Waals surface area contributed by atoms with Gasteiger partial charge in [-0.15, -0.1) is 0 Å². The van der Waals surface area contributed by atoms with Gasteiger partial charge in [-0.25, -0.2) is 13.2 Å². The van der Waals surface area contributed by atoms with Gasteiger partial charge < -0.3 is 9.64 Å². The summed E-state index contributed by atoms with van der Waals surface area (Å²) in [4.78, 5) is 1.86. The van der Waals surface area contributed by atoms with Crippen LogP contribution in [0.25, 0.3) is 0 Å². The first-order valence-corrected chi connectivity index (χ1v) is 4.43. The van der Waals surface area contributed by atoms with Gasteiger partial charge in [0.2, 0.25) is 0 Å². The summed E-state index contributed by atoms with van der Waals surface area (Å²) in [5, 5.41) is 0. The van der Waals surface area contributed by atoms with Crippen molar-refractivity contribution in [2.24, 2.45) is 0 Å². The second-order valence-corrected chi connectivity index (χ2v) is 3.35. The summed E-state index contributed by atoms with van der Waals surface area (Å²) >= 11 is 0. The number of hydrogen-bond acceptors (Lipinski definition) is 2. The lowest BCUT2D eigenvalue weighted by atomic mass is 10.3. The summed E-state index contributed by atoms with van der Waals surface area (Å²) in [6.07, 6.45) is 0. The molecule has 1 aromatic rings. The van der Waals surface area contributed by atoms with E-state index in [0.717, 1.165) is 12.1 Å². The van der Waals surface area contributed by atoms with E-state index in [0.29, 0.717) is 6.54 Å². The molecule has 0 bridgehead atoms. The molecule has 0 N–H and O–H groups in total. The van der Waals surface area contributed by atoms with Gasteiger partial charge >= 0.3 is 0 Å². The topological polar surface area (TPSA) is 12.5 Å². The zero-order valence-corrected chi connectivity index (χ0v) is 8.56. The highest BCUT2D eigenvalue weighted by atomic mass is 19.2. The molecule has 0 aliphatic heterocycles. The van der Waals surface area contributed by atoms with Crippen molar-refractivity contribution < 1.29 is 17.9 Å². The second-order valence-electron chi connectivity index (χ2n) is 3.35. The molecule has 0 atom stereocenters. The van der Waals surface area contributed by atoms with E-state index in [-0.39, 0.29) is 12.4 Å². The number of likely N-dealkylation sites (N-methyl/N-ethyl adjacent to an activating group) is 1. The number of halogens is 3. The summed E-state index contributed by atoms with van der Waals surface area (Å²) in [5.74, 6) is -3.96. The molecule has 0 saturated heterocycles. The van der Waals surface area contributed by atoms with Gasteiger partial charge in [0.25, 0.3) is 0 Å². The Morgan fingerprint density at radius 1 is 1.13 bits per heavy atom. The average Bonchev–Trinajstić information content (AvgIpc) is 2.13. The molecule has 0 aliphatic rings. The molecule has 1 aromatic carbocycles. The number of nitrogens with zero attached hydrogens (tertiary/aromatic N) is 1. The minimum Gasteiger partial charge on any atom is -0.492 e. The fourth-order valence-electron chi connectivity index (χ4n) is 0.962. The Labute approximate surface area is 86.3 Å². The van der Waals surface area contributed by atoms with Gasteiger partial charge in [-0.3, -0.25) is 0 Å². The minimum atomic E-state index is -1.48. The lowest BCUT2D eigenvalue weighted by Crippen LogP contribution is -2.19. The van der Waals surface area contributed by atoms with Crippen LogP contribution in [-0.4, -0.2) is 32.1 Å². The summed E-state index contributed by atoms with van der Waals surface area (Å²) in [7, 11) is 3.68. The maximum atomic E-state index is 12.7. The van der Waals surface area contributed by atoms with Crippen LogP contribution in [0.3, 0.4) is 0 Å². The van der Waals surface area contributed by atoms with Crippen molar-refractivity contribution in [2.75, 3.05) is 27.2 Å². The molecular weight excluding hydrogens is 207 g/mol. The molecule has 5 heteroatoms. The normalized spacial score (nSPS) is 10.8. The molecule has 0 heterocycles. The van der Waals surface area contributed by atoms with Gasteiger partial charge in [-0.05, 0) is 14.1 Å². The maximum Gasteiger partial charge on any atom is 0.194 e. The molecule has 15 heavy (non-hydrogen) atoms. The first kappa shape index (κ1) is 11.8. The van der Waals surface area contributed by atoms with Gasteiger partial charge in [-0.1, -0.05) is 0 Å². The van der Waals surface area contributed by atoms with Crippen LogP contribution in [0.1, 0.15) is 0 Å². The van der Waals surface area contributed by atoms with Crippen molar-refractivity contribution in [3.8, 4) is 5.75 Å². The first-order valence-electron chi connectivity index (χ1n) is 4.43. The van der Waals surface area contributed by atoms with E-state index in [1.54, 1.807) is 0 Å². The molecule has 84 valence electrons. The van der Waals surface area contributed by atoms with Crippen molar-refractivity contribution in [1.29, 1.82) is 0 Å². The summed E-state index contributed by atoms with van der Waals surface area (Å²) in [5.41, 5.74) is 0. The van der Waals surface area contributed by atoms with E-state index in [1.807, 2.05) is 19.0 Å². The Bertz CT molecular complexity index is 318. The Hall–Kier alpha value is -1.23. The number of hydrogen-bond donors (Lipinski definition) is 0. The molecule has 0 radical (unpaired) electrons. The van der Waals surface area contributed by atoms with E-state index < -0.39 is 17.5 Å². The van der Waals surface area contributed by atoms with Crippen LogP contribution >= 0.6 is 0 Å². The smallest absolute Gasteiger partial charge is 0.194 e. The predicted octanol–water partition coefficient (Wildman–Crippen LogP) is 2.04. The van der Waals surface area contributed by atoms with E-state index in [4.69, 9.17) is 4.74 Å². The van der Waals surface area contributed by atoms with Gasteiger partial charge in [0, 0.05) is 18.7 Å².